The molecule has 0 bridgehead atoms. The molecule has 8 heteroatoms. The van der Waals surface area contributed by atoms with Crippen molar-refractivity contribution in [3.8, 4) is 0 Å². The fourth-order valence-electron chi connectivity index (χ4n) is 3.61. The number of anilines is 1. The Morgan fingerprint density at radius 2 is 1.68 bits per heavy atom. The molecule has 0 unspecified atom stereocenters. The molecular formula is C26H35N3O2S3. The Morgan fingerprint density at radius 3 is 2.44 bits per heavy atom. The van der Waals surface area contributed by atoms with Crippen LogP contribution in [0.3, 0.4) is 0 Å². The van der Waals surface area contributed by atoms with Gasteiger partial charge in [0.1, 0.15) is 10.5 Å². The molecule has 0 aliphatic heterocycles. The maximum Gasteiger partial charge on any atom is 0.256 e. The molecule has 0 aliphatic carbocycles. The van der Waals surface area contributed by atoms with E-state index in [1.165, 1.54) is 19.3 Å². The molecule has 0 radical (unpaired) electrons. The van der Waals surface area contributed by atoms with Crippen molar-refractivity contribution in [1.82, 2.24) is 9.97 Å². The Morgan fingerprint density at radius 1 is 0.941 bits per heavy atom. The van der Waals surface area contributed by atoms with Gasteiger partial charge in [0.15, 0.2) is 5.58 Å². The number of nitrogens with zero attached hydrogens (tertiary/aromatic N) is 2. The second-order valence-corrected chi connectivity index (χ2v) is 11.6. The van der Waals surface area contributed by atoms with E-state index >= 15 is 0 Å². The molecule has 0 fully saturated rings. The number of hydrogen-bond acceptors (Lipinski definition) is 7. The van der Waals surface area contributed by atoms with Gasteiger partial charge in [-0.1, -0.05) is 63.4 Å². The minimum Gasteiger partial charge on any atom is -0.431 e. The molecule has 1 N–H and O–H groups in total. The molecule has 2 aromatic heterocycles. The maximum atomic E-state index is 12.6. The third kappa shape index (κ3) is 8.54. The second-order valence-electron chi connectivity index (χ2n) is 8.02. The lowest BCUT2D eigenvalue weighted by molar-refractivity contribution is -0.116. The van der Waals surface area contributed by atoms with E-state index in [-0.39, 0.29) is 5.91 Å². The van der Waals surface area contributed by atoms with Crippen LogP contribution >= 0.6 is 35.3 Å². The lowest BCUT2D eigenvalue weighted by atomic mass is 10.1. The molecule has 0 saturated heterocycles. The van der Waals surface area contributed by atoms with Crippen LogP contribution in [0.1, 0.15) is 64.5 Å². The zero-order valence-electron chi connectivity index (χ0n) is 20.4. The summed E-state index contributed by atoms with van der Waals surface area (Å²) in [6.45, 7) is 6.26. The molecule has 34 heavy (non-hydrogen) atoms. The van der Waals surface area contributed by atoms with Crippen molar-refractivity contribution in [2.75, 3.05) is 22.6 Å². The minimum atomic E-state index is 0.0938. The largest absolute Gasteiger partial charge is 0.431 e. The third-order valence-electron chi connectivity index (χ3n) is 5.22. The van der Waals surface area contributed by atoms with Crippen LogP contribution in [0, 0.1) is 6.92 Å². The lowest BCUT2D eigenvalue weighted by Crippen LogP contribution is -2.13. The number of aryl methyl sites for hydroxylation is 1. The van der Waals surface area contributed by atoms with Gasteiger partial charge in [0.05, 0.1) is 5.69 Å². The summed E-state index contributed by atoms with van der Waals surface area (Å²) >= 11 is 5.14. The van der Waals surface area contributed by atoms with Crippen molar-refractivity contribution in [3.63, 3.8) is 0 Å². The van der Waals surface area contributed by atoms with Crippen molar-refractivity contribution in [2.45, 2.75) is 80.9 Å². The van der Waals surface area contributed by atoms with Gasteiger partial charge in [0, 0.05) is 22.8 Å². The normalized spacial score (nSPS) is 11.3. The van der Waals surface area contributed by atoms with Gasteiger partial charge in [-0.3, -0.25) is 4.79 Å². The number of para-hydroxylation sites is 2. The first kappa shape index (κ1) is 27.0. The zero-order chi connectivity index (χ0) is 24.2. The Kier molecular flexibility index (Phi) is 11.6. The number of nitrogens with one attached hydrogen (secondary N) is 1. The quantitative estimate of drug-likeness (QED) is 0.161. The summed E-state index contributed by atoms with van der Waals surface area (Å²) in [5.74, 6) is 3.02. The van der Waals surface area contributed by atoms with Gasteiger partial charge < -0.3 is 9.73 Å². The number of fused-ring (bicyclic) bond motifs is 1. The smallest absolute Gasteiger partial charge is 0.256 e. The van der Waals surface area contributed by atoms with Gasteiger partial charge in [0.2, 0.25) is 5.91 Å². The predicted octanol–water partition coefficient (Wildman–Crippen LogP) is 8.22. The zero-order valence-corrected chi connectivity index (χ0v) is 22.8. The van der Waals surface area contributed by atoms with E-state index in [2.05, 4.69) is 35.2 Å². The number of oxazole rings is 1. The lowest BCUT2D eigenvalue weighted by Gasteiger charge is -2.15. The molecule has 1 amide bonds. The minimum absolute atomic E-state index is 0.0938. The van der Waals surface area contributed by atoms with E-state index in [1.807, 2.05) is 31.2 Å². The fourth-order valence-corrected chi connectivity index (χ4v) is 6.15. The van der Waals surface area contributed by atoms with E-state index < -0.39 is 0 Å². The van der Waals surface area contributed by atoms with Crippen molar-refractivity contribution in [3.05, 3.63) is 36.0 Å². The molecular weight excluding hydrogens is 483 g/mol. The van der Waals surface area contributed by atoms with Gasteiger partial charge in [0.25, 0.3) is 5.22 Å². The summed E-state index contributed by atoms with van der Waals surface area (Å²) in [5.41, 5.74) is 3.67. The first-order chi connectivity index (χ1) is 16.6. The van der Waals surface area contributed by atoms with Crippen LogP contribution in [0.4, 0.5) is 5.69 Å². The SMILES string of the molecule is CCSc1cc(C)nc(SCC)c1NC(=O)CCCCCCCCSc1nc2ccccc2o1. The van der Waals surface area contributed by atoms with E-state index in [0.29, 0.717) is 6.42 Å². The molecule has 3 aromatic rings. The first-order valence-corrected chi connectivity index (χ1v) is 15.1. The monoisotopic (exact) mass is 517 g/mol. The number of hydrogen-bond donors (Lipinski definition) is 1. The predicted molar refractivity (Wildman–Crippen MR) is 147 cm³/mol. The number of pyridine rings is 1. The highest BCUT2D eigenvalue weighted by Gasteiger charge is 2.15. The first-order valence-electron chi connectivity index (χ1n) is 12.2. The summed E-state index contributed by atoms with van der Waals surface area (Å²) in [7, 11) is 0. The molecule has 0 saturated carbocycles. The van der Waals surface area contributed by atoms with Gasteiger partial charge in [-0.25, -0.2) is 9.97 Å². The van der Waals surface area contributed by atoms with E-state index in [4.69, 9.17) is 4.42 Å². The Balaban J connectivity index is 1.30. The van der Waals surface area contributed by atoms with Crippen molar-refractivity contribution < 1.29 is 9.21 Å². The number of unbranched alkanes of at least 4 members (excludes halogenated alkanes) is 5. The van der Waals surface area contributed by atoms with Gasteiger partial charge in [-0.2, -0.15) is 0 Å². The summed E-state index contributed by atoms with van der Waals surface area (Å²) in [6.07, 6.45) is 7.30. The number of rotatable bonds is 15. The van der Waals surface area contributed by atoms with Crippen LogP contribution in [0.15, 0.2) is 49.9 Å². The molecule has 0 spiro atoms. The highest BCUT2D eigenvalue weighted by Crippen LogP contribution is 2.35. The molecule has 1 aromatic carbocycles. The fraction of sp³-hybridized carbons (Fsp3) is 0.500. The van der Waals surface area contributed by atoms with E-state index in [1.54, 1.807) is 35.3 Å². The Bertz CT molecular complexity index is 995. The third-order valence-corrected chi connectivity index (χ3v) is 7.91. The van der Waals surface area contributed by atoms with Crippen LogP contribution in [0.2, 0.25) is 0 Å². The number of carbonyl (C=O) groups excluding carboxylic acids is 1. The van der Waals surface area contributed by atoms with Gasteiger partial charge in [-0.15, -0.1) is 23.5 Å². The van der Waals surface area contributed by atoms with Crippen LogP contribution in [0.25, 0.3) is 11.1 Å². The van der Waals surface area contributed by atoms with E-state index in [0.717, 1.165) is 74.1 Å². The number of amides is 1. The Labute approximate surface area is 216 Å². The Hall–Kier alpha value is -1.64. The number of aromatic nitrogens is 2. The molecule has 5 nitrogen and oxygen atoms in total. The van der Waals surface area contributed by atoms with Gasteiger partial charge in [-0.05, 0) is 49.5 Å². The van der Waals surface area contributed by atoms with Crippen molar-refractivity contribution >= 4 is 58.0 Å². The topological polar surface area (TPSA) is 68.0 Å². The van der Waals surface area contributed by atoms with Crippen molar-refractivity contribution in [2.24, 2.45) is 0 Å². The summed E-state index contributed by atoms with van der Waals surface area (Å²) in [5, 5.41) is 4.85. The second kappa shape index (κ2) is 14.7. The molecule has 0 aliphatic rings. The molecule has 2 heterocycles. The van der Waals surface area contributed by atoms with Crippen LogP contribution < -0.4 is 5.32 Å². The summed E-state index contributed by atoms with van der Waals surface area (Å²) in [6, 6.07) is 9.96. The van der Waals surface area contributed by atoms with Crippen LogP contribution in [-0.4, -0.2) is 33.1 Å². The average molecular weight is 518 g/mol. The van der Waals surface area contributed by atoms with Crippen LogP contribution in [0.5, 0.6) is 0 Å². The number of thioether (sulfide) groups is 3. The molecule has 3 rings (SSSR count). The highest BCUT2D eigenvalue weighted by atomic mass is 32.2. The summed E-state index contributed by atoms with van der Waals surface area (Å²) < 4.78 is 5.75. The van der Waals surface area contributed by atoms with Gasteiger partial charge >= 0.3 is 0 Å². The standard InChI is InChI=1S/C26H35N3O2S3/c1-4-32-22-18-19(3)27-25(33-5-2)24(22)29-23(30)16-10-8-6-7-9-13-17-34-26-28-20-14-11-12-15-21(20)31-26/h11-12,14-15,18H,4-10,13,16-17H2,1-3H3,(H,29,30). The summed E-state index contributed by atoms with van der Waals surface area (Å²) in [4.78, 5) is 22.9. The van der Waals surface area contributed by atoms with Crippen molar-refractivity contribution in [1.29, 1.82) is 0 Å². The maximum absolute atomic E-state index is 12.6. The number of benzene rings is 1. The van der Waals surface area contributed by atoms with E-state index in [9.17, 15) is 4.79 Å². The average Bonchev–Trinajstić information content (AvgIpc) is 3.23. The van der Waals surface area contributed by atoms with Crippen LogP contribution in [-0.2, 0) is 4.79 Å². The molecule has 184 valence electrons. The number of carbonyl (C=O) groups is 1. The molecule has 0 atom stereocenters. The highest BCUT2D eigenvalue weighted by molar-refractivity contribution is 8.00.